The number of hydrogen-bond acceptors (Lipinski definition) is 4. The first-order valence-corrected chi connectivity index (χ1v) is 10.2. The molecule has 0 bridgehead atoms. The highest BCUT2D eigenvalue weighted by Crippen LogP contribution is 2.11. The number of benzene rings is 1. The molecule has 134 valence electrons. The molecule has 1 aromatic carbocycles. The number of thioether (sulfide) groups is 1. The largest absolute Gasteiger partial charge is 0.354 e. The van der Waals surface area contributed by atoms with Crippen molar-refractivity contribution in [1.29, 1.82) is 0 Å². The lowest BCUT2D eigenvalue weighted by Gasteiger charge is -2.30. The van der Waals surface area contributed by atoms with Gasteiger partial charge in [0, 0.05) is 43.1 Å². The second-order valence-corrected chi connectivity index (χ2v) is 7.45. The van der Waals surface area contributed by atoms with Gasteiger partial charge in [-0.25, -0.2) is 0 Å². The van der Waals surface area contributed by atoms with Gasteiger partial charge in [0.2, 0.25) is 5.91 Å². The first-order valence-electron chi connectivity index (χ1n) is 9.08. The molecule has 1 saturated heterocycles. The molecule has 2 N–H and O–H groups in total. The zero-order valence-corrected chi connectivity index (χ0v) is 15.8. The molecule has 2 unspecified atom stereocenters. The summed E-state index contributed by atoms with van der Waals surface area (Å²) in [7, 11) is 0. The third-order valence-corrected chi connectivity index (χ3v) is 5.74. The van der Waals surface area contributed by atoms with Crippen LogP contribution in [0.5, 0.6) is 0 Å². The van der Waals surface area contributed by atoms with Gasteiger partial charge in [-0.1, -0.05) is 44.2 Å². The monoisotopic (exact) mass is 349 g/mol. The fraction of sp³-hybridized carbons (Fsp3) is 0.632. The number of nitrogens with zero attached hydrogens (tertiary/aromatic N) is 1. The van der Waals surface area contributed by atoms with Gasteiger partial charge in [-0.15, -0.1) is 0 Å². The average Bonchev–Trinajstić information content (AvgIpc) is 2.62. The molecular weight excluding hydrogens is 318 g/mol. The van der Waals surface area contributed by atoms with Gasteiger partial charge in [-0.3, -0.25) is 9.69 Å². The van der Waals surface area contributed by atoms with E-state index in [1.165, 1.54) is 5.56 Å². The Kier molecular flexibility index (Phi) is 8.64. The molecule has 1 aliphatic rings. The normalized spacial score (nSPS) is 19.2. The zero-order valence-electron chi connectivity index (χ0n) is 15.0. The maximum Gasteiger partial charge on any atom is 0.221 e. The van der Waals surface area contributed by atoms with E-state index < -0.39 is 0 Å². The molecule has 0 aliphatic carbocycles. The second kappa shape index (κ2) is 10.7. The Bertz CT molecular complexity index is 473. The maximum absolute atomic E-state index is 12.3. The quantitative estimate of drug-likeness (QED) is 0.717. The standard InChI is InChI=1S/C19H31N3OS/c1-3-22(4-2)18(12-16-8-6-5-7-9-16)14-21-19(23)13-17-15-24-11-10-20-17/h5-9,17-18,20H,3-4,10-15H2,1-2H3,(H,21,23). The van der Waals surface area contributed by atoms with E-state index in [4.69, 9.17) is 0 Å². The SMILES string of the molecule is CCN(CC)C(CNC(=O)CC1CSCCN1)Cc1ccccc1. The summed E-state index contributed by atoms with van der Waals surface area (Å²) in [5, 5.41) is 6.60. The number of amides is 1. The van der Waals surface area contributed by atoms with Gasteiger partial charge in [-0.2, -0.15) is 11.8 Å². The number of likely N-dealkylation sites (N-methyl/N-ethyl adjacent to an activating group) is 1. The van der Waals surface area contributed by atoms with E-state index in [2.05, 4.69) is 53.6 Å². The number of rotatable bonds is 9. The Morgan fingerprint density at radius 1 is 1.33 bits per heavy atom. The lowest BCUT2D eigenvalue weighted by Crippen LogP contribution is -2.47. The molecule has 1 heterocycles. The predicted molar refractivity (Wildman–Crippen MR) is 104 cm³/mol. The minimum absolute atomic E-state index is 0.167. The van der Waals surface area contributed by atoms with Gasteiger partial charge in [0.05, 0.1) is 0 Å². The summed E-state index contributed by atoms with van der Waals surface area (Å²) < 4.78 is 0. The van der Waals surface area contributed by atoms with Crippen LogP contribution in [0.4, 0.5) is 0 Å². The maximum atomic E-state index is 12.3. The van der Waals surface area contributed by atoms with Crippen molar-refractivity contribution in [3.8, 4) is 0 Å². The predicted octanol–water partition coefficient (Wildman–Crippen LogP) is 2.15. The van der Waals surface area contributed by atoms with Gasteiger partial charge in [0.25, 0.3) is 0 Å². The van der Waals surface area contributed by atoms with Crippen LogP contribution in [-0.4, -0.2) is 60.6 Å². The summed E-state index contributed by atoms with van der Waals surface area (Å²) in [6.45, 7) is 8.11. The summed E-state index contributed by atoms with van der Waals surface area (Å²) in [5.74, 6) is 2.36. The Morgan fingerprint density at radius 3 is 2.71 bits per heavy atom. The van der Waals surface area contributed by atoms with Gasteiger partial charge >= 0.3 is 0 Å². The van der Waals surface area contributed by atoms with Crippen LogP contribution < -0.4 is 10.6 Å². The van der Waals surface area contributed by atoms with Crippen LogP contribution in [-0.2, 0) is 11.2 Å². The van der Waals surface area contributed by atoms with Crippen LogP contribution in [0, 0.1) is 0 Å². The minimum Gasteiger partial charge on any atom is -0.354 e. The molecule has 4 nitrogen and oxygen atoms in total. The van der Waals surface area contributed by atoms with E-state index in [9.17, 15) is 4.79 Å². The van der Waals surface area contributed by atoms with Crippen molar-refractivity contribution in [3.63, 3.8) is 0 Å². The molecule has 0 radical (unpaired) electrons. The summed E-state index contributed by atoms with van der Waals surface area (Å²) >= 11 is 1.93. The highest BCUT2D eigenvalue weighted by Gasteiger charge is 2.20. The highest BCUT2D eigenvalue weighted by atomic mass is 32.2. The third kappa shape index (κ3) is 6.46. The Balaban J connectivity index is 1.86. The van der Waals surface area contributed by atoms with Crippen molar-refractivity contribution in [1.82, 2.24) is 15.5 Å². The van der Waals surface area contributed by atoms with Crippen molar-refractivity contribution in [3.05, 3.63) is 35.9 Å². The highest BCUT2D eigenvalue weighted by molar-refractivity contribution is 7.99. The number of carbonyl (C=O) groups excluding carboxylic acids is 1. The van der Waals surface area contributed by atoms with Crippen LogP contribution >= 0.6 is 11.8 Å². The first kappa shape index (κ1) is 19.3. The number of carbonyl (C=O) groups is 1. The molecule has 5 heteroatoms. The smallest absolute Gasteiger partial charge is 0.221 e. The first-order chi connectivity index (χ1) is 11.7. The van der Waals surface area contributed by atoms with E-state index in [1.54, 1.807) is 0 Å². The second-order valence-electron chi connectivity index (χ2n) is 6.30. The molecule has 0 spiro atoms. The van der Waals surface area contributed by atoms with E-state index >= 15 is 0 Å². The minimum atomic E-state index is 0.167. The number of hydrogen-bond donors (Lipinski definition) is 2. The van der Waals surface area contributed by atoms with Crippen molar-refractivity contribution in [2.24, 2.45) is 0 Å². The van der Waals surface area contributed by atoms with Crippen LogP contribution in [0.15, 0.2) is 30.3 Å². The van der Waals surface area contributed by atoms with E-state index in [0.717, 1.165) is 44.1 Å². The Hall–Kier alpha value is -1.04. The van der Waals surface area contributed by atoms with Gasteiger partial charge in [0.1, 0.15) is 0 Å². The molecule has 0 aromatic heterocycles. The van der Waals surface area contributed by atoms with Crippen LogP contribution in [0.1, 0.15) is 25.8 Å². The van der Waals surface area contributed by atoms with Gasteiger partial charge in [-0.05, 0) is 25.1 Å². The van der Waals surface area contributed by atoms with E-state index in [1.807, 2.05) is 17.8 Å². The molecule has 2 atom stereocenters. The van der Waals surface area contributed by atoms with Crippen molar-refractivity contribution >= 4 is 17.7 Å². The van der Waals surface area contributed by atoms with Crippen LogP contribution in [0.3, 0.4) is 0 Å². The summed E-state index contributed by atoms with van der Waals surface area (Å²) in [4.78, 5) is 14.7. The van der Waals surface area contributed by atoms with Crippen molar-refractivity contribution in [2.45, 2.75) is 38.8 Å². The summed E-state index contributed by atoms with van der Waals surface area (Å²) in [6, 6.07) is 11.2. The average molecular weight is 350 g/mol. The fourth-order valence-corrected chi connectivity index (χ4v) is 4.18. The zero-order chi connectivity index (χ0) is 17.2. The molecular formula is C19H31N3OS. The Morgan fingerprint density at radius 2 is 2.08 bits per heavy atom. The molecule has 1 aromatic rings. The molecule has 2 rings (SSSR count). The van der Waals surface area contributed by atoms with E-state index in [0.29, 0.717) is 18.5 Å². The third-order valence-electron chi connectivity index (χ3n) is 4.61. The van der Waals surface area contributed by atoms with Gasteiger partial charge < -0.3 is 10.6 Å². The number of nitrogens with one attached hydrogen (secondary N) is 2. The lowest BCUT2D eigenvalue weighted by molar-refractivity contribution is -0.121. The van der Waals surface area contributed by atoms with Crippen LogP contribution in [0.2, 0.25) is 0 Å². The summed E-state index contributed by atoms with van der Waals surface area (Å²) in [6.07, 6.45) is 1.56. The molecule has 1 amide bonds. The molecule has 0 saturated carbocycles. The summed E-state index contributed by atoms with van der Waals surface area (Å²) in [5.41, 5.74) is 1.33. The van der Waals surface area contributed by atoms with E-state index in [-0.39, 0.29) is 5.91 Å². The molecule has 1 fully saturated rings. The molecule has 1 aliphatic heterocycles. The molecule has 24 heavy (non-hydrogen) atoms. The topological polar surface area (TPSA) is 44.4 Å². The van der Waals surface area contributed by atoms with Crippen molar-refractivity contribution < 1.29 is 4.79 Å². The fourth-order valence-electron chi connectivity index (χ4n) is 3.23. The van der Waals surface area contributed by atoms with Crippen LogP contribution in [0.25, 0.3) is 0 Å². The Labute approximate surface area is 150 Å². The van der Waals surface area contributed by atoms with Crippen molar-refractivity contribution in [2.75, 3.05) is 37.7 Å². The van der Waals surface area contributed by atoms with Gasteiger partial charge in [0.15, 0.2) is 0 Å². The lowest BCUT2D eigenvalue weighted by atomic mass is 10.0.